The van der Waals surface area contributed by atoms with Crippen molar-refractivity contribution in [2.75, 3.05) is 36.5 Å². The maximum Gasteiger partial charge on any atom is 0.435 e. The van der Waals surface area contributed by atoms with E-state index in [1.165, 1.54) is 0 Å². The third-order valence-corrected chi connectivity index (χ3v) is 5.31. The number of pyridine rings is 1. The molecule has 1 N–H and O–H groups in total. The molecule has 174 valence electrons. The summed E-state index contributed by atoms with van der Waals surface area (Å²) in [4.78, 5) is 19.0. The highest BCUT2D eigenvalue weighted by Gasteiger charge is 2.33. The van der Waals surface area contributed by atoms with Gasteiger partial charge in [-0.1, -0.05) is 6.07 Å². The average Bonchev–Trinajstić information content (AvgIpc) is 2.85. The second-order valence-corrected chi connectivity index (χ2v) is 7.62. The number of nitriles is 1. The molecular formula is C23H19F3N6O2. The summed E-state index contributed by atoms with van der Waals surface area (Å²) in [6, 6.07) is 9.64. The van der Waals surface area contributed by atoms with E-state index >= 15 is 0 Å². The van der Waals surface area contributed by atoms with Crippen LogP contribution in [0.2, 0.25) is 0 Å². The van der Waals surface area contributed by atoms with Crippen molar-refractivity contribution in [2.24, 2.45) is 0 Å². The van der Waals surface area contributed by atoms with Gasteiger partial charge in [0.1, 0.15) is 11.9 Å². The number of morpholine rings is 1. The van der Waals surface area contributed by atoms with Gasteiger partial charge in [0.05, 0.1) is 30.5 Å². The van der Waals surface area contributed by atoms with E-state index in [1.54, 1.807) is 30.5 Å². The van der Waals surface area contributed by atoms with Crippen LogP contribution in [-0.2, 0) is 10.9 Å². The minimum Gasteiger partial charge on any atom is -0.378 e. The zero-order chi connectivity index (χ0) is 24.3. The van der Waals surface area contributed by atoms with Gasteiger partial charge in [-0.2, -0.15) is 23.5 Å². The molecule has 1 aromatic carbocycles. The zero-order valence-electron chi connectivity index (χ0n) is 18.1. The first kappa shape index (κ1) is 23.1. The third kappa shape index (κ3) is 4.97. The number of nitrogens with one attached hydrogen (secondary N) is 1. The van der Waals surface area contributed by atoms with Crippen LogP contribution in [0.1, 0.15) is 27.2 Å². The van der Waals surface area contributed by atoms with Crippen LogP contribution >= 0.6 is 0 Å². The quantitative estimate of drug-likeness (QED) is 0.621. The highest BCUT2D eigenvalue weighted by molar-refractivity contribution is 6.04. The van der Waals surface area contributed by atoms with Gasteiger partial charge in [0.25, 0.3) is 5.91 Å². The number of aryl methyl sites for hydroxylation is 1. The van der Waals surface area contributed by atoms with Crippen LogP contribution < -0.4 is 10.2 Å². The predicted octanol–water partition coefficient (Wildman–Crippen LogP) is 3.83. The lowest BCUT2D eigenvalue weighted by Gasteiger charge is -2.28. The summed E-state index contributed by atoms with van der Waals surface area (Å²) in [5, 5.41) is 18.6. The molecule has 0 radical (unpaired) electrons. The van der Waals surface area contributed by atoms with Crippen molar-refractivity contribution in [1.82, 2.24) is 15.2 Å². The van der Waals surface area contributed by atoms with Crippen LogP contribution in [0.15, 0.2) is 42.7 Å². The van der Waals surface area contributed by atoms with E-state index < -0.39 is 17.8 Å². The Balaban J connectivity index is 1.60. The molecule has 34 heavy (non-hydrogen) atoms. The van der Waals surface area contributed by atoms with Gasteiger partial charge in [-0.05, 0) is 42.3 Å². The number of anilines is 2. The summed E-state index contributed by atoms with van der Waals surface area (Å²) in [5.41, 5.74) is 1.52. The molecule has 1 aliphatic rings. The fraction of sp³-hybridized carbons (Fsp3) is 0.261. The molecule has 1 amide bonds. The SMILES string of the molecule is Cc1ccc(NC(=O)c2cnnc(C(F)(F)F)c2)cc1-c1cnc(N2CCOCC2)c(C#N)c1. The number of aromatic nitrogens is 3. The first-order chi connectivity index (χ1) is 16.3. The molecule has 0 atom stereocenters. The Morgan fingerprint density at radius 3 is 2.65 bits per heavy atom. The second kappa shape index (κ2) is 9.44. The number of rotatable bonds is 4. The van der Waals surface area contributed by atoms with Crippen molar-refractivity contribution in [1.29, 1.82) is 5.26 Å². The van der Waals surface area contributed by atoms with Crippen LogP contribution in [0.3, 0.4) is 0 Å². The number of amides is 1. The van der Waals surface area contributed by atoms with Gasteiger partial charge in [0.15, 0.2) is 5.69 Å². The van der Waals surface area contributed by atoms with Crippen LogP contribution in [-0.4, -0.2) is 47.4 Å². The number of halogens is 3. The number of hydrogen-bond acceptors (Lipinski definition) is 7. The Bertz CT molecular complexity index is 1270. The van der Waals surface area contributed by atoms with E-state index in [2.05, 4.69) is 26.6 Å². The molecule has 11 heteroatoms. The Hall–Kier alpha value is -4.04. The fourth-order valence-electron chi connectivity index (χ4n) is 3.56. The lowest BCUT2D eigenvalue weighted by atomic mass is 9.99. The van der Waals surface area contributed by atoms with Crippen LogP contribution in [0, 0.1) is 18.3 Å². The second-order valence-electron chi connectivity index (χ2n) is 7.62. The lowest BCUT2D eigenvalue weighted by Crippen LogP contribution is -2.37. The summed E-state index contributed by atoms with van der Waals surface area (Å²) in [6.07, 6.45) is -2.09. The largest absolute Gasteiger partial charge is 0.435 e. The monoisotopic (exact) mass is 468 g/mol. The van der Waals surface area contributed by atoms with Crippen molar-refractivity contribution in [3.05, 3.63) is 65.1 Å². The zero-order valence-corrected chi connectivity index (χ0v) is 18.1. The maximum atomic E-state index is 12.9. The van der Waals surface area contributed by atoms with E-state index in [-0.39, 0.29) is 5.56 Å². The molecule has 0 aliphatic carbocycles. The molecule has 0 bridgehead atoms. The van der Waals surface area contributed by atoms with Gasteiger partial charge in [-0.15, -0.1) is 5.10 Å². The molecule has 3 aromatic rings. The van der Waals surface area contributed by atoms with Gasteiger partial charge in [0, 0.05) is 30.5 Å². The first-order valence-electron chi connectivity index (χ1n) is 10.3. The van der Waals surface area contributed by atoms with Crippen molar-refractivity contribution in [3.63, 3.8) is 0 Å². The number of alkyl halides is 3. The van der Waals surface area contributed by atoms with Gasteiger partial charge >= 0.3 is 6.18 Å². The van der Waals surface area contributed by atoms with Crippen LogP contribution in [0.5, 0.6) is 0 Å². The van der Waals surface area contributed by atoms with E-state index in [4.69, 9.17) is 4.74 Å². The minimum atomic E-state index is -4.71. The van der Waals surface area contributed by atoms with Crippen LogP contribution in [0.25, 0.3) is 11.1 Å². The van der Waals surface area contributed by atoms with Gasteiger partial charge in [-0.3, -0.25) is 4.79 Å². The summed E-state index contributed by atoms with van der Waals surface area (Å²) in [5.74, 6) is -0.170. The maximum absolute atomic E-state index is 12.9. The molecule has 1 saturated heterocycles. The minimum absolute atomic E-state index is 0.271. The average molecular weight is 468 g/mol. The summed E-state index contributed by atoms with van der Waals surface area (Å²) >= 11 is 0. The standard InChI is InChI=1S/C23H19F3N6O2/c1-14-2-3-18(30-22(33)17-9-20(23(24,25)26)31-29-13-17)10-19(14)16-8-15(11-27)21(28-12-16)32-4-6-34-7-5-32/h2-3,8-10,12-13H,4-7H2,1H3,(H,30,33). The molecular weight excluding hydrogens is 449 g/mol. The molecule has 3 heterocycles. The molecule has 2 aromatic heterocycles. The Morgan fingerprint density at radius 1 is 1.18 bits per heavy atom. The number of benzene rings is 1. The Labute approximate surface area is 193 Å². The smallest absolute Gasteiger partial charge is 0.378 e. The van der Waals surface area contributed by atoms with E-state index in [1.807, 2.05) is 11.8 Å². The van der Waals surface area contributed by atoms with Crippen molar-refractivity contribution in [2.45, 2.75) is 13.1 Å². The molecule has 0 unspecified atom stereocenters. The highest BCUT2D eigenvalue weighted by atomic mass is 19.4. The fourth-order valence-corrected chi connectivity index (χ4v) is 3.56. The van der Waals surface area contributed by atoms with Crippen molar-refractivity contribution in [3.8, 4) is 17.2 Å². The summed E-state index contributed by atoms with van der Waals surface area (Å²) < 4.78 is 44.0. The van der Waals surface area contributed by atoms with Crippen molar-refractivity contribution >= 4 is 17.4 Å². The number of nitrogens with zero attached hydrogens (tertiary/aromatic N) is 5. The third-order valence-electron chi connectivity index (χ3n) is 5.31. The number of carbonyl (C=O) groups is 1. The normalized spacial score (nSPS) is 13.9. The molecule has 1 fully saturated rings. The molecule has 8 nitrogen and oxygen atoms in total. The molecule has 1 aliphatic heterocycles. The molecule has 4 rings (SSSR count). The summed E-state index contributed by atoms with van der Waals surface area (Å²) in [6.45, 7) is 4.27. The van der Waals surface area contributed by atoms with Gasteiger partial charge in [0.2, 0.25) is 0 Å². The first-order valence-corrected chi connectivity index (χ1v) is 10.3. The van der Waals surface area contributed by atoms with Gasteiger partial charge < -0.3 is 15.0 Å². The van der Waals surface area contributed by atoms with E-state index in [9.17, 15) is 23.2 Å². The lowest BCUT2D eigenvalue weighted by molar-refractivity contribution is -0.141. The number of ether oxygens (including phenoxy) is 1. The number of carbonyl (C=O) groups excluding carboxylic acids is 1. The van der Waals surface area contributed by atoms with E-state index in [0.29, 0.717) is 55.0 Å². The topological polar surface area (TPSA) is 104 Å². The summed E-state index contributed by atoms with van der Waals surface area (Å²) in [7, 11) is 0. The van der Waals surface area contributed by atoms with Crippen LogP contribution in [0.4, 0.5) is 24.7 Å². The number of hydrogen-bond donors (Lipinski definition) is 1. The Kier molecular flexibility index (Phi) is 6.43. The highest BCUT2D eigenvalue weighted by Crippen LogP contribution is 2.30. The molecule has 0 saturated carbocycles. The van der Waals surface area contributed by atoms with Crippen molar-refractivity contribution < 1.29 is 22.7 Å². The molecule has 0 spiro atoms. The Morgan fingerprint density at radius 2 is 1.94 bits per heavy atom. The van der Waals surface area contributed by atoms with E-state index in [0.717, 1.165) is 17.3 Å². The predicted molar refractivity (Wildman–Crippen MR) is 117 cm³/mol. The van der Waals surface area contributed by atoms with Gasteiger partial charge in [-0.25, -0.2) is 4.98 Å².